The first-order valence-corrected chi connectivity index (χ1v) is 15.1. The number of fused-ring (bicyclic) bond motifs is 2. The summed E-state index contributed by atoms with van der Waals surface area (Å²) in [6.45, 7) is 0. The molecule has 1 fully saturated rings. The predicted molar refractivity (Wildman–Crippen MR) is 98.9 cm³/mol. The van der Waals surface area contributed by atoms with Crippen LogP contribution >= 0.6 is 11.9 Å². The van der Waals surface area contributed by atoms with Gasteiger partial charge in [0.25, 0.3) is 0 Å². The van der Waals surface area contributed by atoms with Crippen molar-refractivity contribution in [2.24, 2.45) is 0 Å². The van der Waals surface area contributed by atoms with E-state index in [0.29, 0.717) is 0 Å². The second-order valence-electron chi connectivity index (χ2n) is 6.82. The number of hydrogen-bond donors (Lipinski definition) is 0. The Morgan fingerprint density at radius 1 is 0.833 bits per heavy atom. The molecule has 2 atom stereocenters. The topological polar surface area (TPSA) is 9.23 Å². The van der Waals surface area contributed by atoms with Gasteiger partial charge in [-0.25, -0.2) is 0 Å². The number of rotatable bonds is 2. The summed E-state index contributed by atoms with van der Waals surface area (Å²) in [7, 11) is 1.39. The van der Waals surface area contributed by atoms with Gasteiger partial charge >= 0.3 is 131 Å². The molecule has 0 N–H and O–H groups in total. The van der Waals surface area contributed by atoms with E-state index in [1.807, 2.05) is 0 Å². The first-order valence-electron chi connectivity index (χ1n) is 8.49. The van der Waals surface area contributed by atoms with E-state index in [-0.39, 0.29) is 0 Å². The van der Waals surface area contributed by atoms with Crippen molar-refractivity contribution in [2.75, 3.05) is 7.11 Å². The Balaban J connectivity index is 0.000000455. The third-order valence-electron chi connectivity index (χ3n) is 5.66. The molecule has 0 amide bonds. The first kappa shape index (κ1) is 16.5. The Bertz CT molecular complexity index is 743. The molecule has 2 aliphatic carbocycles. The van der Waals surface area contributed by atoms with Gasteiger partial charge in [0, 0.05) is 0 Å². The van der Waals surface area contributed by atoms with Crippen LogP contribution in [0.1, 0.15) is 29.5 Å². The summed E-state index contributed by atoms with van der Waals surface area (Å²) in [6, 6.07) is 18.1. The summed E-state index contributed by atoms with van der Waals surface area (Å²) < 4.78 is 8.44. The minimum Gasteiger partial charge on any atom is -0.283 e. The van der Waals surface area contributed by atoms with Crippen LogP contribution < -0.4 is 0 Å². The van der Waals surface area contributed by atoms with E-state index in [0.717, 1.165) is 7.25 Å². The monoisotopic (exact) mass is 414 g/mol. The Morgan fingerprint density at radius 3 is 1.67 bits per heavy atom. The van der Waals surface area contributed by atoms with Gasteiger partial charge in [0.2, 0.25) is 0 Å². The molecule has 3 aliphatic rings. The molecule has 1 aliphatic heterocycles. The maximum atomic E-state index is 4.50. The quantitative estimate of drug-likeness (QED) is 0.558. The van der Waals surface area contributed by atoms with Crippen LogP contribution in [0, 0.1) is 0 Å². The Labute approximate surface area is 153 Å². The van der Waals surface area contributed by atoms with E-state index in [9.17, 15) is 0 Å². The molecular weight excluding hydrogens is 395 g/mol. The molecule has 122 valence electrons. The van der Waals surface area contributed by atoms with Gasteiger partial charge in [0.15, 0.2) is 0 Å². The molecule has 2 unspecified atom stereocenters. The summed E-state index contributed by atoms with van der Waals surface area (Å²) in [4.78, 5) is 0. The van der Waals surface area contributed by atoms with Crippen LogP contribution in [0.25, 0.3) is 12.2 Å². The fraction of sp³-hybridized carbons (Fsp3) is 0.238. The van der Waals surface area contributed by atoms with Crippen molar-refractivity contribution < 1.29 is 24.6 Å². The smallest absolute Gasteiger partial charge is 0.0606 e. The van der Waals surface area contributed by atoms with Crippen molar-refractivity contribution in [3.8, 4) is 0 Å². The molecule has 3 heteroatoms. The molecule has 0 radical (unpaired) electrons. The summed E-state index contributed by atoms with van der Waals surface area (Å²) in [5.41, 5.74) is 6.20. The molecule has 0 spiro atoms. The number of benzene rings is 2. The number of allylic oxidation sites excluding steroid dienone is 2. The standard InChI is InChI=1S/2C9H7.C2H4.CH3ClO.Zr/c2*1-2-5-9-7-3-6-8(9)4-1;1-2;1-3-2;/h2*1-7H;1-2H2;1H3;. The molecule has 1 heterocycles. The third-order valence-corrected chi connectivity index (χ3v) is 18.3. The van der Waals surface area contributed by atoms with Crippen LogP contribution in [0.15, 0.2) is 60.7 Å². The van der Waals surface area contributed by atoms with E-state index in [2.05, 4.69) is 89.0 Å². The van der Waals surface area contributed by atoms with Crippen molar-refractivity contribution in [1.82, 2.24) is 0 Å². The molecule has 0 aromatic heterocycles. The van der Waals surface area contributed by atoms with E-state index in [1.165, 1.54) is 18.2 Å². The Hall–Kier alpha value is -0.947. The van der Waals surface area contributed by atoms with Crippen LogP contribution in [-0.2, 0) is 24.6 Å². The van der Waals surface area contributed by atoms with Gasteiger partial charge in [-0.15, -0.1) is 0 Å². The zero-order valence-electron chi connectivity index (χ0n) is 13.8. The predicted octanol–water partition coefficient (Wildman–Crippen LogP) is 6.31. The van der Waals surface area contributed by atoms with Gasteiger partial charge < -0.3 is 0 Å². The molecule has 0 bridgehead atoms. The number of halogens is 1. The van der Waals surface area contributed by atoms with Crippen LogP contribution in [0.5, 0.6) is 0 Å². The minimum atomic E-state index is -2.13. The molecule has 2 aromatic rings. The molecular formula is C21H21ClOZr. The van der Waals surface area contributed by atoms with Crippen molar-refractivity contribution in [3.63, 3.8) is 0 Å². The molecule has 2 aromatic carbocycles. The molecule has 1 nitrogen and oxygen atoms in total. The van der Waals surface area contributed by atoms with Gasteiger partial charge in [0.05, 0.1) is 19.0 Å². The molecule has 24 heavy (non-hydrogen) atoms. The van der Waals surface area contributed by atoms with Crippen molar-refractivity contribution in [1.29, 1.82) is 0 Å². The second-order valence-corrected chi connectivity index (χ2v) is 18.7. The van der Waals surface area contributed by atoms with Gasteiger partial charge in [-0.2, -0.15) is 0 Å². The van der Waals surface area contributed by atoms with Gasteiger partial charge in [-0.3, -0.25) is 4.29 Å². The van der Waals surface area contributed by atoms with E-state index >= 15 is 0 Å². The summed E-state index contributed by atoms with van der Waals surface area (Å²) in [6.07, 6.45) is 9.84. The van der Waals surface area contributed by atoms with Crippen molar-refractivity contribution >= 4 is 24.0 Å². The van der Waals surface area contributed by atoms with Crippen LogP contribution in [0.2, 0.25) is 8.26 Å². The SMILES string of the molecule is C1=C[CH]([Zr]2([CH]3C=Cc4ccccc43)[CH2][CH2]2)c2ccccc21.COCl. The average molecular weight is 416 g/mol. The van der Waals surface area contributed by atoms with E-state index < -0.39 is 20.3 Å². The maximum Gasteiger partial charge on any atom is 0.0606 e. The minimum absolute atomic E-state index is 0.802. The van der Waals surface area contributed by atoms with Gasteiger partial charge in [-0.1, -0.05) is 0 Å². The first-order chi connectivity index (χ1) is 11.8. The maximum absolute atomic E-state index is 4.50. The van der Waals surface area contributed by atoms with Gasteiger partial charge in [-0.05, 0) is 0 Å². The largest absolute Gasteiger partial charge is 0.283 e. The van der Waals surface area contributed by atoms with E-state index in [1.54, 1.807) is 19.4 Å². The fourth-order valence-electron chi connectivity index (χ4n) is 4.46. The summed E-state index contributed by atoms with van der Waals surface area (Å²) >= 11 is 2.37. The second kappa shape index (κ2) is 6.75. The Kier molecular flexibility index (Phi) is 4.65. The summed E-state index contributed by atoms with van der Waals surface area (Å²) in [5.74, 6) is 0. The third kappa shape index (κ3) is 2.69. The van der Waals surface area contributed by atoms with E-state index in [4.69, 9.17) is 0 Å². The van der Waals surface area contributed by atoms with Crippen LogP contribution in [-0.4, -0.2) is 7.11 Å². The van der Waals surface area contributed by atoms with Crippen molar-refractivity contribution in [3.05, 3.63) is 82.9 Å². The molecule has 1 saturated heterocycles. The molecule has 0 saturated carbocycles. The fourth-order valence-corrected chi connectivity index (χ4v) is 20.1. The van der Waals surface area contributed by atoms with Crippen LogP contribution in [0.3, 0.4) is 0 Å². The van der Waals surface area contributed by atoms with Gasteiger partial charge in [0.1, 0.15) is 0 Å². The van der Waals surface area contributed by atoms with Crippen molar-refractivity contribution in [2.45, 2.75) is 15.5 Å². The average Bonchev–Trinajstić information content (AvgIpc) is 3.10. The zero-order chi connectivity index (χ0) is 16.6. The van der Waals surface area contributed by atoms with Crippen LogP contribution in [0.4, 0.5) is 0 Å². The number of hydrogen-bond acceptors (Lipinski definition) is 1. The molecule has 5 rings (SSSR count). The zero-order valence-corrected chi connectivity index (χ0v) is 17.0. The Morgan fingerprint density at radius 2 is 1.25 bits per heavy atom. The normalized spacial score (nSPS) is 24.1. The summed E-state index contributed by atoms with van der Waals surface area (Å²) in [5, 5.41) is 0.